The number of hydrogen-bond acceptors (Lipinski definition) is 4. The Kier molecular flexibility index (Phi) is 4.93. The van der Waals surface area contributed by atoms with E-state index in [1.54, 1.807) is 11.3 Å². The lowest BCUT2D eigenvalue weighted by Gasteiger charge is -2.15. The molecule has 3 nitrogen and oxygen atoms in total. The Bertz CT molecular complexity index is 539. The number of rotatable bonds is 5. The Morgan fingerprint density at radius 2 is 2.21 bits per heavy atom. The smallest absolute Gasteiger partial charge is 0.109 e. The van der Waals surface area contributed by atoms with Crippen LogP contribution in [0.4, 0.5) is 0 Å². The molecule has 0 bridgehead atoms. The zero-order valence-corrected chi connectivity index (χ0v) is 12.7. The fourth-order valence-corrected chi connectivity index (χ4v) is 2.87. The first kappa shape index (κ1) is 14.5. The minimum atomic E-state index is 0.0111. The van der Waals surface area contributed by atoms with Crippen molar-refractivity contribution in [2.24, 2.45) is 5.73 Å². The maximum absolute atomic E-state index is 5.98. The van der Waals surface area contributed by atoms with Crippen LogP contribution in [0.2, 0.25) is 5.02 Å². The molecule has 0 saturated heterocycles. The quantitative estimate of drug-likeness (QED) is 0.919. The predicted octanol–water partition coefficient (Wildman–Crippen LogP) is 3.45. The summed E-state index contributed by atoms with van der Waals surface area (Å²) in [4.78, 5) is 6.75. The van der Waals surface area contributed by atoms with Crippen molar-refractivity contribution in [1.29, 1.82) is 0 Å². The largest absolute Gasteiger partial charge is 0.322 e. The topological polar surface area (TPSA) is 42.1 Å². The highest BCUT2D eigenvalue weighted by atomic mass is 35.5. The number of aromatic nitrogens is 1. The molecule has 0 aliphatic carbocycles. The molecular formula is C14H18ClN3S. The van der Waals surface area contributed by atoms with Crippen LogP contribution in [0, 0.1) is 0 Å². The molecular weight excluding hydrogens is 278 g/mol. The van der Waals surface area contributed by atoms with Gasteiger partial charge in [-0.1, -0.05) is 23.7 Å². The zero-order chi connectivity index (χ0) is 13.8. The molecule has 2 aromatic rings. The molecule has 1 aromatic heterocycles. The van der Waals surface area contributed by atoms with Crippen LogP contribution in [0.25, 0.3) is 0 Å². The first-order valence-corrected chi connectivity index (χ1v) is 7.43. The molecule has 1 aromatic carbocycles. The van der Waals surface area contributed by atoms with E-state index in [9.17, 15) is 0 Å². The van der Waals surface area contributed by atoms with Gasteiger partial charge in [-0.25, -0.2) is 4.98 Å². The first-order valence-electron chi connectivity index (χ1n) is 6.17. The average molecular weight is 296 g/mol. The zero-order valence-electron chi connectivity index (χ0n) is 11.1. The Hall–Kier alpha value is -0.940. The second kappa shape index (κ2) is 6.48. The van der Waals surface area contributed by atoms with Gasteiger partial charge in [0.05, 0.1) is 11.7 Å². The molecule has 0 aliphatic rings. The van der Waals surface area contributed by atoms with Crippen LogP contribution >= 0.6 is 22.9 Å². The summed E-state index contributed by atoms with van der Waals surface area (Å²) >= 11 is 7.61. The molecule has 0 amide bonds. The van der Waals surface area contributed by atoms with Gasteiger partial charge in [0.1, 0.15) is 5.01 Å². The van der Waals surface area contributed by atoms with Crippen LogP contribution in [0.15, 0.2) is 29.6 Å². The van der Waals surface area contributed by atoms with Gasteiger partial charge in [0.15, 0.2) is 0 Å². The van der Waals surface area contributed by atoms with Crippen LogP contribution in [0.5, 0.6) is 0 Å². The highest BCUT2D eigenvalue weighted by molar-refractivity contribution is 7.09. The second-order valence-corrected chi connectivity index (χ2v) is 6.09. The van der Waals surface area contributed by atoms with Crippen LogP contribution in [0.1, 0.15) is 29.2 Å². The summed E-state index contributed by atoms with van der Waals surface area (Å²) in [5.41, 5.74) is 8.09. The summed E-state index contributed by atoms with van der Waals surface area (Å²) in [6, 6.07) is 7.95. The van der Waals surface area contributed by atoms with Crippen molar-refractivity contribution < 1.29 is 0 Å². The van der Waals surface area contributed by atoms with E-state index in [0.29, 0.717) is 0 Å². The molecule has 1 atom stereocenters. The lowest BCUT2D eigenvalue weighted by molar-refractivity contribution is 0.315. The summed E-state index contributed by atoms with van der Waals surface area (Å²) in [5, 5.41) is 3.85. The van der Waals surface area contributed by atoms with Gasteiger partial charge >= 0.3 is 0 Å². The second-order valence-electron chi connectivity index (χ2n) is 4.77. The highest BCUT2D eigenvalue weighted by Gasteiger charge is 2.08. The van der Waals surface area contributed by atoms with Crippen molar-refractivity contribution >= 4 is 22.9 Å². The molecule has 0 spiro atoms. The maximum atomic E-state index is 5.98. The van der Waals surface area contributed by atoms with Gasteiger partial charge in [-0.05, 0) is 31.7 Å². The van der Waals surface area contributed by atoms with Crippen molar-refractivity contribution in [2.45, 2.75) is 26.1 Å². The molecule has 102 valence electrons. The molecule has 5 heteroatoms. The average Bonchev–Trinajstić information content (AvgIpc) is 2.77. The Labute approximate surface area is 123 Å². The molecule has 0 fully saturated rings. The number of benzene rings is 1. The number of hydrogen-bond donors (Lipinski definition) is 1. The number of thiazole rings is 1. The number of halogens is 1. The summed E-state index contributed by atoms with van der Waals surface area (Å²) in [6.07, 6.45) is 0. The Balaban J connectivity index is 1.95. The number of nitrogens with two attached hydrogens (primary N) is 1. The monoisotopic (exact) mass is 295 g/mol. The van der Waals surface area contributed by atoms with Gasteiger partial charge < -0.3 is 5.73 Å². The third-order valence-corrected chi connectivity index (χ3v) is 4.06. The van der Waals surface area contributed by atoms with Gasteiger partial charge in [0.25, 0.3) is 0 Å². The van der Waals surface area contributed by atoms with E-state index in [0.717, 1.165) is 28.8 Å². The molecule has 0 radical (unpaired) electrons. The third kappa shape index (κ3) is 4.28. The first-order chi connectivity index (χ1) is 9.04. The maximum Gasteiger partial charge on any atom is 0.109 e. The molecule has 19 heavy (non-hydrogen) atoms. The lowest BCUT2D eigenvalue weighted by Crippen LogP contribution is -2.17. The summed E-state index contributed by atoms with van der Waals surface area (Å²) in [6.45, 7) is 3.62. The van der Waals surface area contributed by atoms with Crippen molar-refractivity contribution in [2.75, 3.05) is 7.05 Å². The summed E-state index contributed by atoms with van der Waals surface area (Å²) in [7, 11) is 2.08. The Morgan fingerprint density at radius 1 is 1.42 bits per heavy atom. The van der Waals surface area contributed by atoms with Crippen molar-refractivity contribution in [1.82, 2.24) is 9.88 Å². The van der Waals surface area contributed by atoms with E-state index in [-0.39, 0.29) is 6.04 Å². The number of nitrogens with zero attached hydrogens (tertiary/aromatic N) is 2. The van der Waals surface area contributed by atoms with Crippen LogP contribution in [0.3, 0.4) is 0 Å². The summed E-state index contributed by atoms with van der Waals surface area (Å²) in [5.74, 6) is 0. The summed E-state index contributed by atoms with van der Waals surface area (Å²) < 4.78 is 0. The van der Waals surface area contributed by atoms with E-state index in [1.165, 1.54) is 5.56 Å². The van der Waals surface area contributed by atoms with Crippen molar-refractivity contribution in [3.8, 4) is 0 Å². The minimum absolute atomic E-state index is 0.0111. The van der Waals surface area contributed by atoms with E-state index < -0.39 is 0 Å². The Morgan fingerprint density at radius 3 is 2.84 bits per heavy atom. The minimum Gasteiger partial charge on any atom is -0.322 e. The van der Waals surface area contributed by atoms with Gasteiger partial charge in [-0.3, -0.25) is 4.90 Å². The molecule has 1 unspecified atom stereocenters. The fraction of sp³-hybridized carbons (Fsp3) is 0.357. The lowest BCUT2D eigenvalue weighted by atomic mass is 10.2. The van der Waals surface area contributed by atoms with E-state index in [2.05, 4.69) is 28.4 Å². The van der Waals surface area contributed by atoms with Crippen LogP contribution in [-0.4, -0.2) is 16.9 Å². The molecule has 2 N–H and O–H groups in total. The highest BCUT2D eigenvalue weighted by Crippen LogP contribution is 2.18. The van der Waals surface area contributed by atoms with Crippen molar-refractivity contribution in [3.63, 3.8) is 0 Å². The van der Waals surface area contributed by atoms with E-state index >= 15 is 0 Å². The standard InChI is InChI=1S/C14H18ClN3S/c1-10(16)14-17-13(9-19-14)8-18(2)7-11-4-3-5-12(15)6-11/h3-6,9-10H,7-8,16H2,1-2H3. The molecule has 2 rings (SSSR count). The third-order valence-electron chi connectivity index (χ3n) is 2.73. The van der Waals surface area contributed by atoms with E-state index in [1.807, 2.05) is 25.1 Å². The van der Waals surface area contributed by atoms with Gasteiger partial charge in [-0.2, -0.15) is 0 Å². The van der Waals surface area contributed by atoms with Gasteiger partial charge in [0.2, 0.25) is 0 Å². The molecule has 0 aliphatic heterocycles. The van der Waals surface area contributed by atoms with E-state index in [4.69, 9.17) is 17.3 Å². The van der Waals surface area contributed by atoms with Gasteiger partial charge in [0, 0.05) is 23.5 Å². The molecule has 0 saturated carbocycles. The SMILES string of the molecule is CC(N)c1nc(CN(C)Cc2cccc(Cl)c2)cs1. The normalized spacial score (nSPS) is 12.9. The van der Waals surface area contributed by atoms with Crippen LogP contribution in [-0.2, 0) is 13.1 Å². The predicted molar refractivity (Wildman–Crippen MR) is 81.3 cm³/mol. The fourth-order valence-electron chi connectivity index (χ4n) is 1.88. The molecule has 1 heterocycles. The van der Waals surface area contributed by atoms with Crippen LogP contribution < -0.4 is 5.73 Å². The van der Waals surface area contributed by atoms with Crippen molar-refractivity contribution in [3.05, 3.63) is 50.9 Å². The van der Waals surface area contributed by atoms with Gasteiger partial charge in [-0.15, -0.1) is 11.3 Å².